The Morgan fingerprint density at radius 3 is 2.46 bits per heavy atom. The zero-order valence-corrected chi connectivity index (χ0v) is 16.5. The Kier molecular flexibility index (Phi) is 6.45. The van der Waals surface area contributed by atoms with E-state index in [2.05, 4.69) is 15.6 Å². The molecule has 2 aromatic carbocycles. The maximum Gasteiger partial charge on any atom is 0.255 e. The molecule has 0 aliphatic heterocycles. The minimum atomic E-state index is -0.250. The van der Waals surface area contributed by atoms with E-state index >= 15 is 0 Å². The molecule has 5 nitrogen and oxygen atoms in total. The molecular weight excluding hydrogens is 370 g/mol. The molecule has 3 rings (SSSR count). The number of nitrogens with one attached hydrogen (secondary N) is 2. The van der Waals surface area contributed by atoms with Crippen LogP contribution >= 0.6 is 11.8 Å². The SMILES string of the molecule is CNC(=O)c1c(C)cccc1NC(=O)c1ccc(SCc2cccnc2)cc1. The third-order valence-electron chi connectivity index (χ3n) is 4.22. The van der Waals surface area contributed by atoms with Gasteiger partial charge < -0.3 is 10.6 Å². The number of thioether (sulfide) groups is 1. The van der Waals surface area contributed by atoms with Crippen molar-refractivity contribution >= 4 is 29.3 Å². The van der Waals surface area contributed by atoms with E-state index in [1.54, 1.807) is 43.2 Å². The Morgan fingerprint density at radius 1 is 1.00 bits per heavy atom. The summed E-state index contributed by atoms with van der Waals surface area (Å²) in [7, 11) is 1.57. The molecule has 1 aromatic heterocycles. The predicted octanol–water partition coefficient (Wildman–Crippen LogP) is 4.29. The lowest BCUT2D eigenvalue weighted by Gasteiger charge is -2.13. The van der Waals surface area contributed by atoms with Crippen molar-refractivity contribution in [2.75, 3.05) is 12.4 Å². The zero-order chi connectivity index (χ0) is 19.9. The van der Waals surface area contributed by atoms with Crippen LogP contribution in [0.4, 0.5) is 5.69 Å². The van der Waals surface area contributed by atoms with Crippen molar-refractivity contribution in [1.29, 1.82) is 0 Å². The molecule has 0 unspecified atom stereocenters. The Bertz CT molecular complexity index is 973. The lowest BCUT2D eigenvalue weighted by atomic mass is 10.1. The van der Waals surface area contributed by atoms with Crippen LogP contribution in [0.1, 0.15) is 31.8 Å². The van der Waals surface area contributed by atoms with E-state index in [1.807, 2.05) is 49.5 Å². The standard InChI is InChI=1S/C22H21N3O2S/c1-15-5-3-7-19(20(15)22(27)23-2)25-21(26)17-8-10-18(11-9-17)28-14-16-6-4-12-24-13-16/h3-13H,14H2,1-2H3,(H,23,27)(H,25,26). The number of rotatable bonds is 6. The molecule has 0 fully saturated rings. The minimum Gasteiger partial charge on any atom is -0.355 e. The second-order valence-corrected chi connectivity index (χ2v) is 7.25. The summed E-state index contributed by atoms with van der Waals surface area (Å²) in [6.45, 7) is 1.84. The number of hydrogen-bond acceptors (Lipinski definition) is 4. The maximum atomic E-state index is 12.6. The van der Waals surface area contributed by atoms with Gasteiger partial charge >= 0.3 is 0 Å². The second-order valence-electron chi connectivity index (χ2n) is 6.21. The van der Waals surface area contributed by atoms with E-state index in [4.69, 9.17) is 0 Å². The molecule has 28 heavy (non-hydrogen) atoms. The highest BCUT2D eigenvalue weighted by Crippen LogP contribution is 2.24. The Balaban J connectivity index is 1.69. The van der Waals surface area contributed by atoms with Gasteiger partial charge in [0, 0.05) is 35.7 Å². The molecule has 0 bridgehead atoms. The molecule has 6 heteroatoms. The Hall–Kier alpha value is -3.12. The number of hydrogen-bond donors (Lipinski definition) is 2. The molecule has 1 heterocycles. The number of aromatic nitrogens is 1. The number of benzene rings is 2. The van der Waals surface area contributed by atoms with Crippen LogP contribution in [0.25, 0.3) is 0 Å². The van der Waals surface area contributed by atoms with Gasteiger partial charge in [-0.25, -0.2) is 0 Å². The van der Waals surface area contributed by atoms with E-state index < -0.39 is 0 Å². The first-order valence-corrected chi connectivity index (χ1v) is 9.82. The molecule has 0 spiro atoms. The van der Waals surface area contributed by atoms with Crippen LogP contribution in [0.3, 0.4) is 0 Å². The highest BCUT2D eigenvalue weighted by molar-refractivity contribution is 7.98. The van der Waals surface area contributed by atoms with Crippen LogP contribution in [-0.4, -0.2) is 23.8 Å². The van der Waals surface area contributed by atoms with Crippen LogP contribution in [0, 0.1) is 6.92 Å². The first kappa shape index (κ1) is 19.6. The van der Waals surface area contributed by atoms with Crippen LogP contribution in [-0.2, 0) is 5.75 Å². The zero-order valence-electron chi connectivity index (χ0n) is 15.7. The average Bonchev–Trinajstić information content (AvgIpc) is 2.73. The highest BCUT2D eigenvalue weighted by Gasteiger charge is 2.15. The molecule has 0 radical (unpaired) electrons. The molecule has 2 amide bonds. The molecular formula is C22H21N3O2S. The van der Waals surface area contributed by atoms with Gasteiger partial charge in [0.15, 0.2) is 0 Å². The molecule has 142 valence electrons. The van der Waals surface area contributed by atoms with Gasteiger partial charge in [0.1, 0.15) is 0 Å². The lowest BCUT2D eigenvalue weighted by molar-refractivity contribution is 0.0963. The lowest BCUT2D eigenvalue weighted by Crippen LogP contribution is -2.22. The van der Waals surface area contributed by atoms with Gasteiger partial charge in [-0.2, -0.15) is 0 Å². The van der Waals surface area contributed by atoms with Gasteiger partial charge in [-0.05, 0) is 54.4 Å². The fourth-order valence-corrected chi connectivity index (χ4v) is 3.58. The summed E-state index contributed by atoms with van der Waals surface area (Å²) in [6, 6.07) is 16.8. The molecule has 0 aliphatic carbocycles. The van der Waals surface area contributed by atoms with Crippen molar-refractivity contribution in [1.82, 2.24) is 10.3 Å². The molecule has 0 saturated carbocycles. The Labute approximate surface area is 168 Å². The van der Waals surface area contributed by atoms with Crippen LogP contribution in [0.5, 0.6) is 0 Å². The number of amides is 2. The van der Waals surface area contributed by atoms with E-state index in [1.165, 1.54) is 0 Å². The monoisotopic (exact) mass is 391 g/mol. The number of carbonyl (C=O) groups is 2. The summed E-state index contributed by atoms with van der Waals surface area (Å²) >= 11 is 1.68. The molecule has 3 aromatic rings. The van der Waals surface area contributed by atoms with E-state index in [0.717, 1.165) is 21.8 Å². The smallest absolute Gasteiger partial charge is 0.255 e. The first-order chi connectivity index (χ1) is 13.6. The van der Waals surface area contributed by atoms with Crippen molar-refractivity contribution in [3.05, 3.63) is 89.2 Å². The number of pyridine rings is 1. The first-order valence-electron chi connectivity index (χ1n) is 8.83. The quantitative estimate of drug-likeness (QED) is 0.615. The topological polar surface area (TPSA) is 71.1 Å². The van der Waals surface area contributed by atoms with Crippen LogP contribution in [0.15, 0.2) is 71.9 Å². The number of aryl methyl sites for hydroxylation is 1. The van der Waals surface area contributed by atoms with E-state index in [-0.39, 0.29) is 11.8 Å². The summed E-state index contributed by atoms with van der Waals surface area (Å²) in [4.78, 5) is 29.9. The van der Waals surface area contributed by atoms with Crippen molar-refractivity contribution in [3.8, 4) is 0 Å². The summed E-state index contributed by atoms with van der Waals surface area (Å²) in [6.07, 6.45) is 3.60. The number of nitrogens with zero attached hydrogens (tertiary/aromatic N) is 1. The van der Waals surface area contributed by atoms with Crippen molar-refractivity contribution < 1.29 is 9.59 Å². The summed E-state index contributed by atoms with van der Waals surface area (Å²) in [5.41, 5.74) is 3.46. The van der Waals surface area contributed by atoms with Gasteiger partial charge in [0.2, 0.25) is 0 Å². The van der Waals surface area contributed by atoms with Gasteiger partial charge in [0.25, 0.3) is 11.8 Å². The fourth-order valence-electron chi connectivity index (χ4n) is 2.75. The number of carbonyl (C=O) groups excluding carboxylic acids is 2. The van der Waals surface area contributed by atoms with E-state index in [9.17, 15) is 9.59 Å². The summed E-state index contributed by atoms with van der Waals surface area (Å²) in [5, 5.41) is 5.46. The third kappa shape index (κ3) is 4.78. The van der Waals surface area contributed by atoms with Crippen LogP contribution in [0.2, 0.25) is 0 Å². The normalized spacial score (nSPS) is 10.4. The van der Waals surface area contributed by atoms with Crippen molar-refractivity contribution in [2.24, 2.45) is 0 Å². The third-order valence-corrected chi connectivity index (χ3v) is 5.30. The second kappa shape index (κ2) is 9.19. The molecule has 0 atom stereocenters. The van der Waals surface area contributed by atoms with Gasteiger partial charge in [-0.15, -0.1) is 11.8 Å². The Morgan fingerprint density at radius 2 is 1.79 bits per heavy atom. The predicted molar refractivity (Wildman–Crippen MR) is 113 cm³/mol. The fraction of sp³-hybridized carbons (Fsp3) is 0.136. The average molecular weight is 391 g/mol. The highest BCUT2D eigenvalue weighted by atomic mass is 32.2. The van der Waals surface area contributed by atoms with Gasteiger partial charge in [-0.1, -0.05) is 18.2 Å². The van der Waals surface area contributed by atoms with E-state index in [0.29, 0.717) is 16.8 Å². The minimum absolute atomic E-state index is 0.226. The van der Waals surface area contributed by atoms with Crippen molar-refractivity contribution in [3.63, 3.8) is 0 Å². The largest absolute Gasteiger partial charge is 0.355 e. The molecule has 0 aliphatic rings. The van der Waals surface area contributed by atoms with Crippen LogP contribution < -0.4 is 10.6 Å². The maximum absolute atomic E-state index is 12.6. The van der Waals surface area contributed by atoms with Gasteiger partial charge in [-0.3, -0.25) is 14.6 Å². The summed E-state index contributed by atoms with van der Waals surface area (Å²) in [5.74, 6) is 0.341. The van der Waals surface area contributed by atoms with Crippen molar-refractivity contribution in [2.45, 2.75) is 17.6 Å². The molecule has 2 N–H and O–H groups in total. The van der Waals surface area contributed by atoms with Gasteiger partial charge in [0.05, 0.1) is 11.3 Å². The molecule has 0 saturated heterocycles. The number of anilines is 1. The summed E-state index contributed by atoms with van der Waals surface area (Å²) < 4.78 is 0.